The van der Waals surface area contributed by atoms with Crippen LogP contribution < -0.4 is 5.73 Å². The summed E-state index contributed by atoms with van der Waals surface area (Å²) < 4.78 is 5.36. The molecule has 1 aliphatic heterocycles. The van der Waals surface area contributed by atoms with Gasteiger partial charge in [-0.05, 0) is 38.0 Å². The molecule has 2 N–H and O–H groups in total. The van der Waals surface area contributed by atoms with Crippen molar-refractivity contribution in [1.82, 2.24) is 10.1 Å². The lowest BCUT2D eigenvalue weighted by molar-refractivity contribution is 0.0562. The van der Waals surface area contributed by atoms with E-state index in [0.29, 0.717) is 18.2 Å². The highest BCUT2D eigenvalue weighted by molar-refractivity contribution is 5.94. The molecule has 0 saturated carbocycles. The molecule has 2 unspecified atom stereocenters. The van der Waals surface area contributed by atoms with Crippen molar-refractivity contribution in [1.29, 1.82) is 0 Å². The minimum Gasteiger partial charge on any atom is -0.360 e. The van der Waals surface area contributed by atoms with Gasteiger partial charge in [-0.25, -0.2) is 0 Å². The van der Waals surface area contributed by atoms with E-state index < -0.39 is 0 Å². The van der Waals surface area contributed by atoms with Crippen molar-refractivity contribution in [2.45, 2.75) is 51.5 Å². The maximum absolute atomic E-state index is 12.8. The Balaban J connectivity index is 0.00000161. The molecule has 1 aliphatic carbocycles. The van der Waals surface area contributed by atoms with E-state index in [0.717, 1.165) is 56.4 Å². The van der Waals surface area contributed by atoms with Crippen LogP contribution in [0.1, 0.15) is 54.4 Å². The molecular weight excluding hydrogens is 290 g/mol. The second-order valence-electron chi connectivity index (χ2n) is 6.16. The molecule has 1 fully saturated rings. The van der Waals surface area contributed by atoms with Crippen LogP contribution in [0.15, 0.2) is 4.52 Å². The molecule has 2 atom stereocenters. The van der Waals surface area contributed by atoms with E-state index in [9.17, 15) is 4.79 Å². The predicted octanol–water partition coefficient (Wildman–Crippen LogP) is 2.17. The number of piperidine rings is 1. The Morgan fingerprint density at radius 1 is 1.43 bits per heavy atom. The summed E-state index contributed by atoms with van der Waals surface area (Å²) >= 11 is 0. The number of rotatable bonds is 2. The second-order valence-corrected chi connectivity index (χ2v) is 6.16. The monoisotopic (exact) mass is 313 g/mol. The van der Waals surface area contributed by atoms with E-state index in [1.807, 2.05) is 4.90 Å². The Hall–Kier alpha value is -1.07. The molecule has 0 spiro atoms. The van der Waals surface area contributed by atoms with Crippen LogP contribution in [0, 0.1) is 5.92 Å². The maximum atomic E-state index is 12.8. The molecule has 5 nitrogen and oxygen atoms in total. The quantitative estimate of drug-likeness (QED) is 0.908. The summed E-state index contributed by atoms with van der Waals surface area (Å²) in [5.74, 6) is 1.56. The lowest BCUT2D eigenvalue weighted by atomic mass is 9.91. The highest BCUT2D eigenvalue weighted by Crippen LogP contribution is 2.28. The minimum absolute atomic E-state index is 0. The molecule has 2 heterocycles. The molecule has 1 saturated heterocycles. The third-order valence-corrected chi connectivity index (χ3v) is 4.66. The molecule has 1 amide bonds. The summed E-state index contributed by atoms with van der Waals surface area (Å²) in [5, 5.41) is 4.05. The summed E-state index contributed by atoms with van der Waals surface area (Å²) in [5.41, 5.74) is 7.42. The molecule has 1 aromatic heterocycles. The number of nitrogens with zero attached hydrogens (tertiary/aromatic N) is 2. The van der Waals surface area contributed by atoms with Crippen LogP contribution in [-0.2, 0) is 12.8 Å². The number of carbonyl (C=O) groups is 1. The molecule has 1 aromatic rings. The largest absolute Gasteiger partial charge is 0.360 e. The zero-order chi connectivity index (χ0) is 14.1. The fraction of sp³-hybridized carbons (Fsp3) is 0.733. The van der Waals surface area contributed by atoms with Gasteiger partial charge in [-0.15, -0.1) is 12.4 Å². The number of aryl methyl sites for hydroxylation is 1. The molecule has 0 bridgehead atoms. The Kier molecular flexibility index (Phi) is 5.27. The fourth-order valence-electron chi connectivity index (χ4n) is 3.43. The van der Waals surface area contributed by atoms with Crippen LogP contribution in [0.25, 0.3) is 0 Å². The van der Waals surface area contributed by atoms with Gasteiger partial charge < -0.3 is 15.2 Å². The van der Waals surface area contributed by atoms with E-state index in [2.05, 4.69) is 12.1 Å². The first-order valence-corrected chi connectivity index (χ1v) is 7.69. The van der Waals surface area contributed by atoms with Gasteiger partial charge in [0, 0.05) is 31.1 Å². The van der Waals surface area contributed by atoms with E-state index in [-0.39, 0.29) is 24.4 Å². The van der Waals surface area contributed by atoms with Crippen LogP contribution in [0.2, 0.25) is 0 Å². The normalized spacial score (nSPS) is 25.1. The molecule has 0 aromatic carbocycles. The first-order valence-electron chi connectivity index (χ1n) is 7.69. The summed E-state index contributed by atoms with van der Waals surface area (Å²) in [4.78, 5) is 14.7. The molecule has 2 aliphatic rings. The smallest absolute Gasteiger partial charge is 0.276 e. The van der Waals surface area contributed by atoms with E-state index >= 15 is 0 Å². The van der Waals surface area contributed by atoms with Crippen molar-refractivity contribution >= 4 is 18.3 Å². The van der Waals surface area contributed by atoms with Gasteiger partial charge in [-0.2, -0.15) is 0 Å². The highest BCUT2D eigenvalue weighted by atomic mass is 35.5. The Morgan fingerprint density at radius 3 is 2.95 bits per heavy atom. The molecule has 6 heteroatoms. The Morgan fingerprint density at radius 2 is 2.19 bits per heavy atom. The summed E-state index contributed by atoms with van der Waals surface area (Å²) in [6, 6.07) is 0.141. The fourth-order valence-corrected chi connectivity index (χ4v) is 3.43. The summed E-state index contributed by atoms with van der Waals surface area (Å²) in [7, 11) is 0. The molecular formula is C15H24ClN3O2. The van der Waals surface area contributed by atoms with Gasteiger partial charge in [0.2, 0.25) is 0 Å². The number of likely N-dealkylation sites (tertiary alicyclic amines) is 1. The number of halogens is 1. The van der Waals surface area contributed by atoms with E-state index in [1.54, 1.807) is 0 Å². The lowest BCUT2D eigenvalue weighted by Gasteiger charge is -2.37. The lowest BCUT2D eigenvalue weighted by Crippen LogP contribution is -2.49. The van der Waals surface area contributed by atoms with Crippen molar-refractivity contribution in [3.05, 3.63) is 17.0 Å². The average Bonchev–Trinajstić information content (AvgIpc) is 2.90. The zero-order valence-corrected chi connectivity index (χ0v) is 13.3. The van der Waals surface area contributed by atoms with Crippen LogP contribution in [0.4, 0.5) is 0 Å². The van der Waals surface area contributed by atoms with Crippen LogP contribution in [0.5, 0.6) is 0 Å². The van der Waals surface area contributed by atoms with E-state index in [1.165, 1.54) is 0 Å². The number of hydrogen-bond acceptors (Lipinski definition) is 4. The van der Waals surface area contributed by atoms with Gasteiger partial charge in [0.15, 0.2) is 5.69 Å². The number of amides is 1. The topological polar surface area (TPSA) is 72.4 Å². The number of hydrogen-bond donors (Lipinski definition) is 1. The first-order chi connectivity index (χ1) is 9.70. The van der Waals surface area contributed by atoms with Gasteiger partial charge >= 0.3 is 0 Å². The molecule has 21 heavy (non-hydrogen) atoms. The third kappa shape index (κ3) is 3.09. The highest BCUT2D eigenvalue weighted by Gasteiger charge is 2.33. The van der Waals surface area contributed by atoms with E-state index in [4.69, 9.17) is 10.3 Å². The Labute approximate surface area is 131 Å². The predicted molar refractivity (Wildman–Crippen MR) is 82.7 cm³/mol. The van der Waals surface area contributed by atoms with Gasteiger partial charge in [-0.3, -0.25) is 4.79 Å². The maximum Gasteiger partial charge on any atom is 0.276 e. The number of fused-ring (bicyclic) bond motifs is 1. The summed E-state index contributed by atoms with van der Waals surface area (Å²) in [6.07, 6.45) is 6.10. The van der Waals surface area contributed by atoms with Crippen molar-refractivity contribution in [2.24, 2.45) is 11.7 Å². The van der Waals surface area contributed by atoms with Crippen molar-refractivity contribution < 1.29 is 9.32 Å². The SMILES string of the molecule is CC1CCN(C(=O)c2noc3c2CCCC3)C(CN)C1.Cl. The zero-order valence-electron chi connectivity index (χ0n) is 12.5. The molecule has 3 rings (SSSR count). The van der Waals surface area contributed by atoms with Gasteiger partial charge in [0.1, 0.15) is 5.76 Å². The van der Waals surface area contributed by atoms with Crippen LogP contribution >= 0.6 is 12.4 Å². The van der Waals surface area contributed by atoms with Gasteiger partial charge in [-0.1, -0.05) is 12.1 Å². The van der Waals surface area contributed by atoms with Gasteiger partial charge in [0.25, 0.3) is 5.91 Å². The van der Waals surface area contributed by atoms with Crippen molar-refractivity contribution in [3.63, 3.8) is 0 Å². The number of nitrogens with two attached hydrogens (primary N) is 1. The second kappa shape index (κ2) is 6.79. The number of aromatic nitrogens is 1. The average molecular weight is 314 g/mol. The third-order valence-electron chi connectivity index (χ3n) is 4.66. The van der Waals surface area contributed by atoms with Crippen LogP contribution in [-0.4, -0.2) is 35.1 Å². The minimum atomic E-state index is 0. The van der Waals surface area contributed by atoms with Crippen LogP contribution in [0.3, 0.4) is 0 Å². The van der Waals surface area contributed by atoms with Crippen molar-refractivity contribution in [2.75, 3.05) is 13.1 Å². The first kappa shape index (κ1) is 16.3. The molecule has 0 radical (unpaired) electrons. The van der Waals surface area contributed by atoms with Crippen molar-refractivity contribution in [3.8, 4) is 0 Å². The summed E-state index contributed by atoms with van der Waals surface area (Å²) in [6.45, 7) is 3.53. The Bertz CT molecular complexity index is 503. The molecule has 118 valence electrons. The standard InChI is InChI=1S/C15H23N3O2.ClH/c1-10-6-7-18(11(8-10)9-16)15(19)14-12-4-2-3-5-13(12)20-17-14;/h10-11H,2-9,16H2,1H3;1H. The van der Waals surface area contributed by atoms with Gasteiger partial charge in [0.05, 0.1) is 0 Å². The number of carbonyl (C=O) groups excluding carboxylic acids is 1.